The third-order valence-electron chi connectivity index (χ3n) is 16.0. The summed E-state index contributed by atoms with van der Waals surface area (Å²) in [5.41, 5.74) is 1.88. The number of ether oxygens (including phenoxy) is 6. The number of phosphoric ester groups is 1. The highest BCUT2D eigenvalue weighted by molar-refractivity contribution is 7.49. The lowest BCUT2D eigenvalue weighted by Gasteiger charge is -2.39. The van der Waals surface area contributed by atoms with Gasteiger partial charge in [0.2, 0.25) is 0 Å². The van der Waals surface area contributed by atoms with Crippen molar-refractivity contribution in [2.24, 2.45) is 0 Å². The highest BCUT2D eigenvalue weighted by Crippen LogP contribution is 2.55. The van der Waals surface area contributed by atoms with Crippen LogP contribution in [0, 0.1) is 27.7 Å². The molecule has 2 aromatic heterocycles. The molecule has 2 aliphatic heterocycles. The number of nitrogens with zero attached hydrogens (tertiary/aromatic N) is 2. The standard InChI is InChI=1S/C68H67N4O14P/c1-44-22-26-50(27-23-44)67(48-16-10-7-11-17-48,51-28-24-45(2)25-29-51)80-42-59-58(39-62(82-59)72-41-47(4)64(74)70-66(72)76)86-87(77,85-56-20-14-9-15-21-56)81-43-60-57(38-61(83-60)71-40-46(3)63(73)69-65(71)75)84-68(49-18-12-8-13-19-49,52-30-34-54(78-5)35-31-52)53-32-36-55(79-6)37-33-53/h7-37,40-41,57-62H,38-39,42-43H2,1-6H3,(H,69,73,75)(H,70,74,76)/t57-,58-,59+,60+,61+,62+,87?/m0/s1. The van der Waals surface area contributed by atoms with E-state index < -0.39 is 85.0 Å². The van der Waals surface area contributed by atoms with Crippen LogP contribution in [0.4, 0.5) is 0 Å². The average molecular weight is 1200 g/mol. The van der Waals surface area contributed by atoms with Crippen molar-refractivity contribution in [3.05, 3.63) is 298 Å². The molecule has 0 aliphatic carbocycles. The van der Waals surface area contributed by atoms with Gasteiger partial charge < -0.3 is 32.9 Å². The van der Waals surface area contributed by atoms with Crippen LogP contribution in [0.3, 0.4) is 0 Å². The van der Waals surface area contributed by atoms with Crippen LogP contribution in [0.15, 0.2) is 220 Å². The third kappa shape index (κ3) is 12.6. The van der Waals surface area contributed by atoms with Crippen molar-refractivity contribution >= 4 is 7.82 Å². The Bertz CT molecular complexity index is 4010. The molecule has 7 aromatic carbocycles. The normalized spacial score (nSPS) is 19.3. The Labute approximate surface area is 502 Å². The number of aromatic amines is 2. The van der Waals surface area contributed by atoms with Gasteiger partial charge in [-0.3, -0.25) is 37.7 Å². The number of nitrogens with one attached hydrogen (secondary N) is 2. The number of phosphoric acid groups is 1. The van der Waals surface area contributed by atoms with Gasteiger partial charge in [-0.2, -0.15) is 0 Å². The molecule has 11 rings (SSSR count). The van der Waals surface area contributed by atoms with E-state index in [0.717, 1.165) is 33.4 Å². The molecule has 7 atom stereocenters. The summed E-state index contributed by atoms with van der Waals surface area (Å²) in [6, 6.07) is 58.9. The number of aromatic nitrogens is 4. The summed E-state index contributed by atoms with van der Waals surface area (Å²) in [6.07, 6.45) is -3.83. The van der Waals surface area contributed by atoms with E-state index in [1.807, 2.05) is 172 Å². The monoisotopic (exact) mass is 1190 g/mol. The van der Waals surface area contributed by atoms with Crippen LogP contribution in [0.1, 0.15) is 80.9 Å². The highest BCUT2D eigenvalue weighted by atomic mass is 31.2. The first-order chi connectivity index (χ1) is 42.1. The quantitative estimate of drug-likeness (QED) is 0.0478. The Morgan fingerprint density at radius 1 is 0.483 bits per heavy atom. The molecule has 448 valence electrons. The van der Waals surface area contributed by atoms with Crippen molar-refractivity contribution in [3.8, 4) is 17.2 Å². The summed E-state index contributed by atoms with van der Waals surface area (Å²) in [7, 11) is -1.76. The van der Waals surface area contributed by atoms with Gasteiger partial charge in [0.05, 0.1) is 33.5 Å². The second kappa shape index (κ2) is 25.7. The highest BCUT2D eigenvalue weighted by Gasteiger charge is 2.50. The largest absolute Gasteiger partial charge is 0.530 e. The summed E-state index contributed by atoms with van der Waals surface area (Å²) in [5.74, 6) is 1.35. The molecule has 87 heavy (non-hydrogen) atoms. The molecule has 2 fully saturated rings. The van der Waals surface area contributed by atoms with E-state index in [0.29, 0.717) is 22.6 Å². The molecule has 0 saturated carbocycles. The van der Waals surface area contributed by atoms with Gasteiger partial charge >= 0.3 is 19.2 Å². The first-order valence-electron chi connectivity index (χ1n) is 28.6. The van der Waals surface area contributed by atoms with Gasteiger partial charge in [-0.1, -0.05) is 163 Å². The molecule has 9 aromatic rings. The minimum absolute atomic E-state index is 0.0149. The molecule has 2 N–H and O–H groups in total. The van der Waals surface area contributed by atoms with Gasteiger partial charge in [0, 0.05) is 36.4 Å². The molecule has 1 unspecified atom stereocenters. The number of aryl methyl sites for hydroxylation is 4. The maximum atomic E-state index is 16.1. The number of hydrogen-bond donors (Lipinski definition) is 2. The molecule has 0 amide bonds. The van der Waals surface area contributed by atoms with Crippen molar-refractivity contribution in [1.29, 1.82) is 0 Å². The molecule has 18 nitrogen and oxygen atoms in total. The van der Waals surface area contributed by atoms with Crippen LogP contribution in [0.5, 0.6) is 17.2 Å². The number of para-hydroxylation sites is 1. The van der Waals surface area contributed by atoms with Crippen LogP contribution in [0.25, 0.3) is 0 Å². The van der Waals surface area contributed by atoms with E-state index in [1.165, 1.54) is 21.5 Å². The van der Waals surface area contributed by atoms with Crippen LogP contribution >= 0.6 is 7.82 Å². The van der Waals surface area contributed by atoms with E-state index in [2.05, 4.69) is 9.97 Å². The summed E-state index contributed by atoms with van der Waals surface area (Å²) >= 11 is 0. The lowest BCUT2D eigenvalue weighted by atomic mass is 9.79. The van der Waals surface area contributed by atoms with Gasteiger partial charge in [0.15, 0.2) is 0 Å². The molecule has 2 aliphatic rings. The van der Waals surface area contributed by atoms with Crippen LogP contribution in [0.2, 0.25) is 0 Å². The summed E-state index contributed by atoms with van der Waals surface area (Å²) in [6.45, 7) is 6.44. The fraction of sp³-hybridized carbons (Fsp3) is 0.265. The van der Waals surface area contributed by atoms with Crippen molar-refractivity contribution in [2.75, 3.05) is 27.4 Å². The van der Waals surface area contributed by atoms with Crippen LogP contribution < -0.4 is 36.5 Å². The first kappa shape index (κ1) is 60.0. The summed E-state index contributed by atoms with van der Waals surface area (Å²) in [5, 5.41) is 0. The maximum absolute atomic E-state index is 16.1. The number of rotatable bonds is 22. The lowest BCUT2D eigenvalue weighted by molar-refractivity contribution is -0.103. The van der Waals surface area contributed by atoms with E-state index >= 15 is 4.57 Å². The van der Waals surface area contributed by atoms with Gasteiger partial charge in [0.1, 0.15) is 59.2 Å². The number of benzene rings is 7. The predicted molar refractivity (Wildman–Crippen MR) is 326 cm³/mol. The maximum Gasteiger partial charge on any atom is 0.530 e. The van der Waals surface area contributed by atoms with E-state index in [1.54, 1.807) is 58.4 Å². The minimum Gasteiger partial charge on any atom is -0.497 e. The molecule has 4 heterocycles. The van der Waals surface area contributed by atoms with E-state index in [-0.39, 0.29) is 36.3 Å². The number of H-pyrrole nitrogens is 2. The topological polar surface area (TPSA) is 210 Å². The molecular formula is C68H67N4O14P. The molecule has 0 spiro atoms. The smallest absolute Gasteiger partial charge is 0.497 e. The van der Waals surface area contributed by atoms with Gasteiger partial charge in [-0.05, 0) is 97.5 Å². The Balaban J connectivity index is 1.00. The van der Waals surface area contributed by atoms with Crippen molar-refractivity contribution in [1.82, 2.24) is 19.1 Å². The zero-order chi connectivity index (χ0) is 60.9. The zero-order valence-electron chi connectivity index (χ0n) is 48.9. The van der Waals surface area contributed by atoms with Crippen molar-refractivity contribution in [2.45, 2.75) is 88.6 Å². The first-order valence-corrected chi connectivity index (χ1v) is 30.0. The van der Waals surface area contributed by atoms with Crippen molar-refractivity contribution in [3.63, 3.8) is 0 Å². The van der Waals surface area contributed by atoms with Gasteiger partial charge in [-0.15, -0.1) is 0 Å². The second-order valence-electron chi connectivity index (χ2n) is 21.7. The molecule has 2 saturated heterocycles. The molecule has 0 bridgehead atoms. The number of methoxy groups -OCH3 is 2. The van der Waals surface area contributed by atoms with E-state index in [9.17, 15) is 19.2 Å². The van der Waals surface area contributed by atoms with Crippen LogP contribution in [-0.2, 0) is 43.8 Å². The average Bonchev–Trinajstić information content (AvgIpc) is 1.70. The molecular weight excluding hydrogens is 1130 g/mol. The zero-order valence-corrected chi connectivity index (χ0v) is 49.8. The Hall–Kier alpha value is -8.71. The summed E-state index contributed by atoms with van der Waals surface area (Å²) in [4.78, 5) is 57.8. The lowest BCUT2D eigenvalue weighted by Crippen LogP contribution is -2.41. The van der Waals surface area contributed by atoms with Crippen LogP contribution in [-0.4, -0.2) is 71.0 Å². The fourth-order valence-electron chi connectivity index (χ4n) is 11.4. The summed E-state index contributed by atoms with van der Waals surface area (Å²) < 4.78 is 78.3. The Morgan fingerprint density at radius 3 is 1.33 bits per heavy atom. The minimum atomic E-state index is -4.92. The number of hydrogen-bond acceptors (Lipinski definition) is 14. The molecule has 0 radical (unpaired) electrons. The Kier molecular flexibility index (Phi) is 17.7. The molecule has 19 heteroatoms. The van der Waals surface area contributed by atoms with Gasteiger partial charge in [-0.25, -0.2) is 14.2 Å². The SMILES string of the molecule is COc1ccc(C(O[C@H]2C[C@H](n3cc(C)c(=O)[nH]c3=O)O[C@@H]2COP(=O)(Oc2ccccc2)O[C@H]2C[C@H](n3cc(C)c(=O)[nH]c3=O)O[C@@H]2COC(c2ccccc2)(c2ccc(C)cc2)c2ccc(C)cc2)(c2ccccc2)c2ccc(OC)cc2)cc1. The second-order valence-corrected chi connectivity index (χ2v) is 23.3. The van der Waals surface area contributed by atoms with Crippen molar-refractivity contribution < 1.29 is 46.6 Å². The predicted octanol–water partition coefficient (Wildman–Crippen LogP) is 10.9. The van der Waals surface area contributed by atoms with E-state index in [4.69, 9.17) is 42.0 Å². The Morgan fingerprint density at radius 2 is 0.874 bits per heavy atom. The third-order valence-corrected chi connectivity index (χ3v) is 17.4. The fourth-order valence-corrected chi connectivity index (χ4v) is 12.8. The van der Waals surface area contributed by atoms with Gasteiger partial charge in [0.25, 0.3) is 11.1 Å².